The van der Waals surface area contributed by atoms with Gasteiger partial charge in [0.25, 0.3) is 0 Å². The van der Waals surface area contributed by atoms with Crippen molar-refractivity contribution in [1.29, 1.82) is 0 Å². The number of nitrogens with zero attached hydrogens (tertiary/aromatic N) is 6. The molecule has 0 saturated heterocycles. The molecule has 6 heteroatoms. The summed E-state index contributed by atoms with van der Waals surface area (Å²) in [6, 6.07) is 37.5. The molecule has 0 bridgehead atoms. The third kappa shape index (κ3) is 9.70. The monoisotopic (exact) mass is 722 g/mol. The van der Waals surface area contributed by atoms with E-state index in [1.807, 2.05) is 88.4 Å². The summed E-state index contributed by atoms with van der Waals surface area (Å²) in [4.78, 5) is 29.6. The van der Waals surface area contributed by atoms with Crippen LogP contribution in [0.15, 0.2) is 129 Å². The quantitative estimate of drug-likeness (QED) is 0.132. The van der Waals surface area contributed by atoms with Gasteiger partial charge in [-0.05, 0) is 158 Å². The third-order valence-electron chi connectivity index (χ3n) is 9.71. The zero-order valence-corrected chi connectivity index (χ0v) is 33.8. The average Bonchev–Trinajstić information content (AvgIpc) is 3.16. The van der Waals surface area contributed by atoms with E-state index in [1.54, 1.807) is 0 Å². The summed E-state index contributed by atoms with van der Waals surface area (Å²) in [6.45, 7) is 20.8. The van der Waals surface area contributed by atoms with Gasteiger partial charge in [-0.3, -0.25) is 20.0 Å². The van der Waals surface area contributed by atoms with Gasteiger partial charge < -0.3 is 0 Å². The van der Waals surface area contributed by atoms with Gasteiger partial charge in [-0.25, -0.2) is 9.97 Å². The molecule has 0 radical (unpaired) electrons. The highest BCUT2D eigenvalue weighted by Gasteiger charge is 2.12. The van der Waals surface area contributed by atoms with Gasteiger partial charge in [0.1, 0.15) is 0 Å². The summed E-state index contributed by atoms with van der Waals surface area (Å²) in [5.41, 5.74) is 20.2. The number of aryl methyl sites for hydroxylation is 6. The van der Waals surface area contributed by atoms with Gasteiger partial charge in [-0.15, -0.1) is 0 Å². The van der Waals surface area contributed by atoms with Gasteiger partial charge in [0.2, 0.25) is 0 Å². The molecule has 6 aromatic rings. The molecule has 0 saturated carbocycles. The SMILES string of the molecule is CC(=Nc1ccc(C)cc1)c1cccc(C(C)=Nc2c(C)cc(Cc3cc(C)c(N=C(C)c4cccc(C(C)=Nc5ccc(C)cc5)n4)c(C)c3)cc2C)n1. The predicted molar refractivity (Wildman–Crippen MR) is 233 cm³/mol. The molecule has 0 aliphatic rings. The number of rotatable bonds is 10. The van der Waals surface area contributed by atoms with E-state index in [0.717, 1.165) is 97.0 Å². The van der Waals surface area contributed by atoms with Crippen LogP contribution in [-0.4, -0.2) is 32.8 Å². The van der Waals surface area contributed by atoms with Crippen molar-refractivity contribution in [3.8, 4) is 0 Å². The number of benzene rings is 4. The molecule has 6 nitrogen and oxygen atoms in total. The van der Waals surface area contributed by atoms with Crippen LogP contribution in [0.2, 0.25) is 0 Å². The molecular weight excluding hydrogens is 673 g/mol. The van der Waals surface area contributed by atoms with Crippen LogP contribution >= 0.6 is 0 Å². The van der Waals surface area contributed by atoms with Crippen molar-refractivity contribution in [2.24, 2.45) is 20.0 Å². The van der Waals surface area contributed by atoms with Crippen molar-refractivity contribution in [3.63, 3.8) is 0 Å². The second kappa shape index (κ2) is 16.9. The van der Waals surface area contributed by atoms with Crippen LogP contribution in [0.4, 0.5) is 22.7 Å². The lowest BCUT2D eigenvalue weighted by molar-refractivity contribution is 1.14. The summed E-state index contributed by atoms with van der Waals surface area (Å²) >= 11 is 0. The summed E-state index contributed by atoms with van der Waals surface area (Å²) in [6.07, 6.45) is 0.821. The molecule has 0 aliphatic heterocycles. The van der Waals surface area contributed by atoms with Gasteiger partial charge in [-0.1, -0.05) is 71.8 Å². The van der Waals surface area contributed by atoms with Crippen molar-refractivity contribution in [1.82, 2.24) is 9.97 Å². The van der Waals surface area contributed by atoms with Crippen molar-refractivity contribution in [2.45, 2.75) is 75.7 Å². The molecule has 2 aromatic heterocycles. The molecule has 55 heavy (non-hydrogen) atoms. The van der Waals surface area contributed by atoms with Crippen molar-refractivity contribution >= 4 is 45.6 Å². The second-order valence-corrected chi connectivity index (χ2v) is 14.6. The van der Waals surface area contributed by atoms with Crippen LogP contribution in [0.1, 0.15) is 95.0 Å². The van der Waals surface area contributed by atoms with E-state index >= 15 is 0 Å². The summed E-state index contributed by atoms with van der Waals surface area (Å²) in [5.74, 6) is 0. The van der Waals surface area contributed by atoms with Gasteiger partial charge in [0.05, 0.1) is 68.4 Å². The molecular formula is C49H50N6. The molecule has 6 rings (SSSR count). The first-order chi connectivity index (χ1) is 26.3. The van der Waals surface area contributed by atoms with E-state index in [1.165, 1.54) is 22.3 Å². The standard InChI is InChI=1S/C49H50N6/c1-30-17-21-42(22-18-30)50-36(7)44-13-11-15-46(54-44)38(9)52-48-32(3)25-40(26-33(48)4)29-41-27-34(5)49(35(6)28-41)53-39(10)47-16-12-14-45(55-47)37(8)51-43-23-19-31(2)20-24-43/h11-28H,29H2,1-10H3. The minimum absolute atomic E-state index is 0.821. The van der Waals surface area contributed by atoms with E-state index < -0.39 is 0 Å². The Balaban J connectivity index is 1.18. The Kier molecular flexibility index (Phi) is 11.9. The van der Waals surface area contributed by atoms with E-state index in [-0.39, 0.29) is 0 Å². The van der Waals surface area contributed by atoms with Crippen LogP contribution in [-0.2, 0) is 6.42 Å². The van der Waals surface area contributed by atoms with Crippen LogP contribution in [0.3, 0.4) is 0 Å². The number of aliphatic imine (C=N–C) groups is 4. The van der Waals surface area contributed by atoms with Gasteiger partial charge in [0.15, 0.2) is 0 Å². The first-order valence-electron chi connectivity index (χ1n) is 18.8. The first kappa shape index (κ1) is 38.6. The lowest BCUT2D eigenvalue weighted by Gasteiger charge is -2.13. The first-order valence-corrected chi connectivity index (χ1v) is 18.8. The van der Waals surface area contributed by atoms with Crippen molar-refractivity contribution < 1.29 is 0 Å². The van der Waals surface area contributed by atoms with Gasteiger partial charge in [-0.2, -0.15) is 0 Å². The predicted octanol–water partition coefficient (Wildman–Crippen LogP) is 12.5. The fourth-order valence-corrected chi connectivity index (χ4v) is 6.75. The Morgan fingerprint density at radius 1 is 0.400 bits per heavy atom. The zero-order valence-electron chi connectivity index (χ0n) is 33.8. The van der Waals surface area contributed by atoms with E-state index in [2.05, 4.69) is 90.1 Å². The Morgan fingerprint density at radius 3 is 1.00 bits per heavy atom. The highest BCUT2D eigenvalue weighted by Crippen LogP contribution is 2.30. The molecule has 0 spiro atoms. The number of aromatic nitrogens is 2. The molecule has 2 heterocycles. The van der Waals surface area contributed by atoms with E-state index in [0.29, 0.717) is 0 Å². The lowest BCUT2D eigenvalue weighted by atomic mass is 9.96. The molecule has 276 valence electrons. The molecule has 0 atom stereocenters. The Hall–Kier alpha value is -6.14. The fourth-order valence-electron chi connectivity index (χ4n) is 6.75. The molecule has 0 aliphatic carbocycles. The van der Waals surface area contributed by atoms with Gasteiger partial charge >= 0.3 is 0 Å². The highest BCUT2D eigenvalue weighted by molar-refractivity contribution is 6.03. The number of hydrogen-bond donors (Lipinski definition) is 0. The maximum atomic E-state index is 5.09. The summed E-state index contributed by atoms with van der Waals surface area (Å²) in [5, 5.41) is 0. The Morgan fingerprint density at radius 2 is 0.691 bits per heavy atom. The van der Waals surface area contributed by atoms with Crippen LogP contribution in [0.25, 0.3) is 0 Å². The highest BCUT2D eigenvalue weighted by atomic mass is 14.8. The number of hydrogen-bond acceptors (Lipinski definition) is 6. The van der Waals surface area contributed by atoms with E-state index in [4.69, 9.17) is 29.9 Å². The Bertz CT molecular complexity index is 2260. The average molecular weight is 723 g/mol. The zero-order chi connectivity index (χ0) is 39.2. The maximum absolute atomic E-state index is 5.09. The molecule has 0 unspecified atom stereocenters. The van der Waals surface area contributed by atoms with E-state index in [9.17, 15) is 0 Å². The van der Waals surface area contributed by atoms with Gasteiger partial charge in [0, 0.05) is 0 Å². The van der Waals surface area contributed by atoms with Crippen LogP contribution < -0.4 is 0 Å². The molecule has 4 aromatic carbocycles. The molecule has 0 N–H and O–H groups in total. The molecule has 0 amide bonds. The summed E-state index contributed by atoms with van der Waals surface area (Å²) < 4.78 is 0. The van der Waals surface area contributed by atoms with Crippen molar-refractivity contribution in [2.75, 3.05) is 0 Å². The minimum Gasteiger partial charge on any atom is -0.252 e. The number of pyridine rings is 2. The summed E-state index contributed by atoms with van der Waals surface area (Å²) in [7, 11) is 0. The van der Waals surface area contributed by atoms with Crippen molar-refractivity contribution in [3.05, 3.63) is 176 Å². The topological polar surface area (TPSA) is 75.2 Å². The fraction of sp³-hybridized carbons (Fsp3) is 0.224. The second-order valence-electron chi connectivity index (χ2n) is 14.6. The smallest absolute Gasteiger partial charge is 0.0849 e. The normalized spacial score (nSPS) is 12.7. The van der Waals surface area contributed by atoms with Crippen LogP contribution in [0.5, 0.6) is 0 Å². The Labute approximate surface area is 326 Å². The molecule has 0 fully saturated rings. The van der Waals surface area contributed by atoms with Crippen LogP contribution in [0, 0.1) is 41.5 Å². The third-order valence-corrected chi connectivity index (χ3v) is 9.71. The maximum Gasteiger partial charge on any atom is 0.0849 e. The minimum atomic E-state index is 0.821. The lowest BCUT2D eigenvalue weighted by Crippen LogP contribution is -2.05. The largest absolute Gasteiger partial charge is 0.252 e.